The number of carbonyl (C=O) groups excluding carboxylic acids is 2. The van der Waals surface area contributed by atoms with Gasteiger partial charge in [0.15, 0.2) is 5.60 Å². The van der Waals surface area contributed by atoms with Gasteiger partial charge in [-0.15, -0.1) is 0 Å². The highest BCUT2D eigenvalue weighted by Crippen LogP contribution is 2.59. The number of hydrogen-bond acceptors (Lipinski definition) is 4. The van der Waals surface area contributed by atoms with Crippen molar-refractivity contribution in [1.82, 2.24) is 5.32 Å². The summed E-state index contributed by atoms with van der Waals surface area (Å²) in [4.78, 5) is 25.0. The van der Waals surface area contributed by atoms with Gasteiger partial charge in [-0.2, -0.15) is 0 Å². The van der Waals surface area contributed by atoms with Crippen molar-refractivity contribution in [2.75, 3.05) is 0 Å². The lowest BCUT2D eigenvalue weighted by atomic mass is 9.47. The minimum atomic E-state index is -1.03. The summed E-state index contributed by atoms with van der Waals surface area (Å²) in [5, 5.41) is 12.6. The second kappa shape index (κ2) is 6.14. The molecule has 146 valence electrons. The third kappa shape index (κ3) is 3.15. The Hall–Kier alpha value is -2.24. The first-order valence-corrected chi connectivity index (χ1v) is 9.77. The zero-order valence-corrected chi connectivity index (χ0v) is 15.9. The number of benzene rings is 1. The van der Waals surface area contributed by atoms with E-state index in [-0.39, 0.29) is 29.0 Å². The molecular formula is C21H28N2O4. The average Bonchev–Trinajstić information content (AvgIpc) is 2.59. The maximum atomic E-state index is 13.0. The van der Waals surface area contributed by atoms with Crippen LogP contribution in [-0.2, 0) is 9.59 Å². The molecule has 0 aromatic heterocycles. The van der Waals surface area contributed by atoms with Gasteiger partial charge in [0.1, 0.15) is 11.5 Å². The molecule has 6 heteroatoms. The molecule has 0 spiro atoms. The molecule has 4 aliphatic rings. The SMILES string of the molecule is CC(C)(Oc1ccc(O)cc1)C(=O)NC1C2CC3CC1CC(C(N)=O)(C3)C2. The Labute approximate surface area is 159 Å². The summed E-state index contributed by atoms with van der Waals surface area (Å²) in [6.45, 7) is 3.49. The Bertz CT molecular complexity index is 742. The first-order chi connectivity index (χ1) is 12.7. The summed E-state index contributed by atoms with van der Waals surface area (Å²) in [7, 11) is 0. The van der Waals surface area contributed by atoms with Gasteiger partial charge in [-0.3, -0.25) is 9.59 Å². The molecule has 0 radical (unpaired) electrons. The van der Waals surface area contributed by atoms with Crippen LogP contribution in [0.25, 0.3) is 0 Å². The summed E-state index contributed by atoms with van der Waals surface area (Å²) in [6.07, 6.45) is 4.63. The van der Waals surface area contributed by atoms with Gasteiger partial charge >= 0.3 is 0 Å². The van der Waals surface area contributed by atoms with Crippen molar-refractivity contribution in [2.24, 2.45) is 28.9 Å². The normalized spacial score (nSPS) is 34.3. The molecule has 6 nitrogen and oxygen atoms in total. The zero-order valence-electron chi connectivity index (χ0n) is 15.9. The smallest absolute Gasteiger partial charge is 0.263 e. The number of amides is 2. The van der Waals surface area contributed by atoms with E-state index in [1.807, 2.05) is 0 Å². The van der Waals surface area contributed by atoms with Gasteiger partial charge < -0.3 is 20.9 Å². The number of primary amides is 1. The molecule has 4 N–H and O–H groups in total. The van der Waals surface area contributed by atoms with Crippen molar-refractivity contribution < 1.29 is 19.4 Å². The maximum absolute atomic E-state index is 13.0. The summed E-state index contributed by atoms with van der Waals surface area (Å²) in [5.74, 6) is 1.56. The van der Waals surface area contributed by atoms with Crippen LogP contribution in [0.4, 0.5) is 0 Å². The highest BCUT2D eigenvalue weighted by atomic mass is 16.5. The van der Waals surface area contributed by atoms with Crippen LogP contribution in [0.15, 0.2) is 24.3 Å². The molecule has 4 bridgehead atoms. The van der Waals surface area contributed by atoms with E-state index in [1.165, 1.54) is 12.1 Å². The van der Waals surface area contributed by atoms with Crippen LogP contribution in [0.3, 0.4) is 0 Å². The van der Waals surface area contributed by atoms with Crippen molar-refractivity contribution in [3.63, 3.8) is 0 Å². The highest BCUT2D eigenvalue weighted by molar-refractivity contribution is 5.85. The fourth-order valence-electron chi connectivity index (χ4n) is 5.74. The lowest BCUT2D eigenvalue weighted by Gasteiger charge is -2.59. The molecule has 2 amide bonds. The van der Waals surface area contributed by atoms with E-state index in [4.69, 9.17) is 10.5 Å². The minimum Gasteiger partial charge on any atom is -0.508 e. The molecule has 0 heterocycles. The van der Waals surface area contributed by atoms with Gasteiger partial charge in [0.25, 0.3) is 5.91 Å². The predicted octanol–water partition coefficient (Wildman–Crippen LogP) is 2.35. The number of phenols is 1. The van der Waals surface area contributed by atoms with E-state index in [2.05, 4.69) is 5.32 Å². The summed E-state index contributed by atoms with van der Waals surface area (Å²) in [6, 6.07) is 6.44. The number of rotatable bonds is 5. The Morgan fingerprint density at radius 1 is 1.15 bits per heavy atom. The molecular weight excluding hydrogens is 344 g/mol. The molecule has 5 rings (SSSR count). The fraction of sp³-hybridized carbons (Fsp3) is 0.619. The molecule has 1 aromatic carbocycles. The molecule has 4 fully saturated rings. The predicted molar refractivity (Wildman–Crippen MR) is 99.9 cm³/mol. The van der Waals surface area contributed by atoms with E-state index in [1.54, 1.807) is 26.0 Å². The molecule has 0 aliphatic heterocycles. The number of ether oxygens (including phenoxy) is 1. The van der Waals surface area contributed by atoms with E-state index in [9.17, 15) is 14.7 Å². The number of nitrogens with one attached hydrogen (secondary N) is 1. The van der Waals surface area contributed by atoms with Crippen molar-refractivity contribution in [2.45, 2.75) is 57.6 Å². The van der Waals surface area contributed by atoms with Gasteiger partial charge in [0.05, 0.1) is 0 Å². The van der Waals surface area contributed by atoms with E-state index < -0.39 is 5.60 Å². The summed E-state index contributed by atoms with van der Waals surface area (Å²) in [5.41, 5.74) is 4.35. The van der Waals surface area contributed by atoms with Crippen LogP contribution in [0.1, 0.15) is 46.0 Å². The standard InChI is InChI=1S/C21H28N2O4/c1-20(2,27-16-5-3-15(24)4-6-16)19(26)23-17-13-7-12-8-14(17)11-21(9-12,10-13)18(22)25/h3-6,12-14,17,24H,7-11H2,1-2H3,(H2,22,25)(H,23,26). The molecule has 1 aromatic rings. The van der Waals surface area contributed by atoms with Gasteiger partial charge in [-0.1, -0.05) is 0 Å². The van der Waals surface area contributed by atoms with Crippen molar-refractivity contribution in [1.29, 1.82) is 0 Å². The average molecular weight is 372 g/mol. The van der Waals surface area contributed by atoms with Gasteiger partial charge in [-0.25, -0.2) is 0 Å². The topological polar surface area (TPSA) is 102 Å². The second-order valence-electron chi connectivity index (χ2n) is 9.22. The Morgan fingerprint density at radius 2 is 1.74 bits per heavy atom. The van der Waals surface area contributed by atoms with Crippen LogP contribution in [0.5, 0.6) is 11.5 Å². The van der Waals surface area contributed by atoms with Crippen LogP contribution < -0.4 is 15.8 Å². The Kier molecular flexibility index (Phi) is 4.13. The zero-order chi connectivity index (χ0) is 19.4. The van der Waals surface area contributed by atoms with Crippen LogP contribution in [-0.4, -0.2) is 28.6 Å². The van der Waals surface area contributed by atoms with E-state index >= 15 is 0 Å². The summed E-state index contributed by atoms with van der Waals surface area (Å²) < 4.78 is 5.87. The maximum Gasteiger partial charge on any atom is 0.263 e. The van der Waals surface area contributed by atoms with Gasteiger partial charge in [0.2, 0.25) is 5.91 Å². The first kappa shape index (κ1) is 18.1. The largest absolute Gasteiger partial charge is 0.508 e. The Morgan fingerprint density at radius 3 is 2.30 bits per heavy atom. The minimum absolute atomic E-state index is 0.0872. The number of carbonyl (C=O) groups is 2. The monoisotopic (exact) mass is 372 g/mol. The van der Waals surface area contributed by atoms with Crippen LogP contribution in [0, 0.1) is 23.2 Å². The van der Waals surface area contributed by atoms with Crippen LogP contribution >= 0.6 is 0 Å². The number of aromatic hydroxyl groups is 1. The molecule has 0 saturated heterocycles. The Balaban J connectivity index is 1.45. The first-order valence-electron chi connectivity index (χ1n) is 9.77. The fourth-order valence-corrected chi connectivity index (χ4v) is 5.74. The molecule has 4 saturated carbocycles. The second-order valence-corrected chi connectivity index (χ2v) is 9.22. The lowest BCUT2D eigenvalue weighted by molar-refractivity contribution is -0.150. The third-order valence-electron chi connectivity index (χ3n) is 6.85. The van der Waals surface area contributed by atoms with Crippen molar-refractivity contribution in [3.05, 3.63) is 24.3 Å². The van der Waals surface area contributed by atoms with Gasteiger partial charge in [-0.05, 0) is 88.0 Å². The highest BCUT2D eigenvalue weighted by Gasteiger charge is 2.58. The molecule has 4 aliphatic carbocycles. The number of phenolic OH excluding ortho intramolecular Hbond substituents is 1. The quantitative estimate of drug-likeness (QED) is 0.738. The van der Waals surface area contributed by atoms with Crippen LogP contribution in [0.2, 0.25) is 0 Å². The van der Waals surface area contributed by atoms with Crippen molar-refractivity contribution >= 4 is 11.8 Å². The van der Waals surface area contributed by atoms with Gasteiger partial charge in [0, 0.05) is 11.5 Å². The summed E-state index contributed by atoms with van der Waals surface area (Å²) >= 11 is 0. The van der Waals surface area contributed by atoms with E-state index in [0.717, 1.165) is 32.1 Å². The number of hydrogen-bond donors (Lipinski definition) is 3. The number of nitrogens with two attached hydrogens (primary N) is 1. The molecule has 27 heavy (non-hydrogen) atoms. The molecule has 2 unspecified atom stereocenters. The third-order valence-corrected chi connectivity index (χ3v) is 6.85. The molecule has 2 atom stereocenters. The van der Waals surface area contributed by atoms with Crippen molar-refractivity contribution in [3.8, 4) is 11.5 Å². The lowest BCUT2D eigenvalue weighted by Crippen LogP contribution is -2.63. The van der Waals surface area contributed by atoms with E-state index in [0.29, 0.717) is 23.5 Å².